The third-order valence-electron chi connectivity index (χ3n) is 6.85. The van der Waals surface area contributed by atoms with Crippen molar-refractivity contribution >= 4 is 0 Å². The molecule has 0 nitrogen and oxygen atoms in total. The predicted octanol–water partition coefficient (Wildman–Crippen LogP) is 15.6. The van der Waals surface area contributed by atoms with Crippen molar-refractivity contribution in [2.45, 2.75) is 232 Å². The maximum Gasteiger partial charge on any atom is -0.0359 e. The number of unbranched alkanes of at least 4 members (excludes halogenated alkanes) is 13. The lowest BCUT2D eigenvalue weighted by Gasteiger charge is -2.18. The van der Waals surface area contributed by atoms with Gasteiger partial charge in [-0.05, 0) is 11.3 Å². The Morgan fingerprint density at radius 3 is 0.649 bits per heavy atom. The molecule has 0 radical (unpaired) electrons. The second kappa shape index (κ2) is 52.4. The van der Waals surface area contributed by atoms with Gasteiger partial charge >= 0.3 is 0 Å². The van der Waals surface area contributed by atoms with Crippen LogP contribution in [0.15, 0.2) is 0 Å². The molecule has 0 aromatic heterocycles. The van der Waals surface area contributed by atoms with Crippen LogP contribution in [0.2, 0.25) is 0 Å². The molecular formula is C37H86. The van der Waals surface area contributed by atoms with Crippen LogP contribution in [0.1, 0.15) is 232 Å². The molecule has 234 valence electrons. The molecule has 0 aromatic carbocycles. The molecule has 0 heterocycles. The topological polar surface area (TPSA) is 0 Å². The Morgan fingerprint density at radius 2 is 0.541 bits per heavy atom. The zero-order valence-corrected chi connectivity index (χ0v) is 30.2. The predicted molar refractivity (Wildman–Crippen MR) is 183 cm³/mol. The van der Waals surface area contributed by atoms with Crippen molar-refractivity contribution in [3.63, 3.8) is 0 Å². The standard InChI is InChI=1S/C8H18.2C7H16.C6H14.C5H12.C4H10/c1-3-5-7-8-6-4-2;1-5-7(3,4)6-2;1-3-5-7-6-4-2;1-3-5-6-4-2;1-4-5(2)3;1-3-4-2/h3-8H2,1-2H3;5-6H2,1-4H3;3-7H2,1-2H3;3-6H2,1-2H3;5H,4H2,1-3H3;3-4H2,1-2H3. The largest absolute Gasteiger partial charge is 0.0654 e. The summed E-state index contributed by atoms with van der Waals surface area (Å²) < 4.78 is 0. The van der Waals surface area contributed by atoms with E-state index in [1.54, 1.807) is 0 Å². The molecule has 0 aliphatic heterocycles. The van der Waals surface area contributed by atoms with Crippen molar-refractivity contribution in [3.8, 4) is 0 Å². The molecule has 0 aliphatic carbocycles. The summed E-state index contributed by atoms with van der Waals surface area (Å²) in [6, 6.07) is 0. The highest BCUT2D eigenvalue weighted by molar-refractivity contribution is 4.61. The Kier molecular flexibility index (Phi) is 70.7. The summed E-state index contributed by atoms with van der Waals surface area (Å²) in [6.45, 7) is 33.5. The van der Waals surface area contributed by atoms with Gasteiger partial charge in [0.2, 0.25) is 0 Å². The number of hydrogen-bond acceptors (Lipinski definition) is 0. The van der Waals surface area contributed by atoms with Crippen LogP contribution >= 0.6 is 0 Å². The van der Waals surface area contributed by atoms with Gasteiger partial charge in [-0.1, -0.05) is 232 Å². The molecule has 0 rings (SSSR count). The molecule has 0 atom stereocenters. The Balaban J connectivity index is -0.0000000789. The van der Waals surface area contributed by atoms with Crippen molar-refractivity contribution in [3.05, 3.63) is 0 Å². The minimum Gasteiger partial charge on any atom is -0.0654 e. The van der Waals surface area contributed by atoms with E-state index in [1.807, 2.05) is 0 Å². The fourth-order valence-corrected chi connectivity index (χ4v) is 2.28. The normalized spacial score (nSPS) is 9.73. The third-order valence-corrected chi connectivity index (χ3v) is 6.85. The van der Waals surface area contributed by atoms with E-state index in [9.17, 15) is 0 Å². The van der Waals surface area contributed by atoms with Gasteiger partial charge in [-0.15, -0.1) is 0 Å². The second-order valence-electron chi connectivity index (χ2n) is 11.9. The van der Waals surface area contributed by atoms with E-state index in [1.165, 1.54) is 128 Å². The van der Waals surface area contributed by atoms with Gasteiger partial charge in [-0.2, -0.15) is 0 Å². The first-order chi connectivity index (χ1) is 17.5. The van der Waals surface area contributed by atoms with Crippen LogP contribution in [0, 0.1) is 11.3 Å². The summed E-state index contributed by atoms with van der Waals surface area (Å²) in [6.07, 6.45) is 27.6. The molecule has 0 saturated carbocycles. The molecule has 0 amide bonds. The van der Waals surface area contributed by atoms with Crippen LogP contribution in [0.3, 0.4) is 0 Å². The maximum atomic E-state index is 2.30. The van der Waals surface area contributed by atoms with E-state index in [2.05, 4.69) is 104 Å². The lowest BCUT2D eigenvalue weighted by Crippen LogP contribution is -2.05. The molecule has 0 aliphatic rings. The fourth-order valence-electron chi connectivity index (χ4n) is 2.28. The fraction of sp³-hybridized carbons (Fsp3) is 1.00. The Hall–Kier alpha value is 0. The monoisotopic (exact) mass is 531 g/mol. The summed E-state index contributed by atoms with van der Waals surface area (Å²) in [7, 11) is 0. The third kappa shape index (κ3) is 94.4. The smallest absolute Gasteiger partial charge is 0.0359 e. The highest BCUT2D eigenvalue weighted by Gasteiger charge is 2.09. The van der Waals surface area contributed by atoms with Crippen molar-refractivity contribution < 1.29 is 0 Å². The van der Waals surface area contributed by atoms with E-state index in [-0.39, 0.29) is 0 Å². The van der Waals surface area contributed by atoms with Crippen molar-refractivity contribution in [2.75, 3.05) is 0 Å². The molecule has 0 bridgehead atoms. The lowest BCUT2D eigenvalue weighted by atomic mass is 9.88. The molecule has 0 fully saturated rings. The molecule has 0 saturated heterocycles. The van der Waals surface area contributed by atoms with Crippen LogP contribution in [0.4, 0.5) is 0 Å². The minimum absolute atomic E-state index is 0.583. The van der Waals surface area contributed by atoms with Crippen molar-refractivity contribution in [1.29, 1.82) is 0 Å². The first-order valence-electron chi connectivity index (χ1n) is 17.5. The molecule has 0 aromatic rings. The average molecular weight is 531 g/mol. The summed E-state index contributed by atoms with van der Waals surface area (Å²) in [5, 5.41) is 0. The van der Waals surface area contributed by atoms with Crippen molar-refractivity contribution in [2.24, 2.45) is 11.3 Å². The molecule has 0 spiro atoms. The van der Waals surface area contributed by atoms with Crippen LogP contribution in [-0.2, 0) is 0 Å². The lowest BCUT2D eigenvalue weighted by molar-refractivity contribution is 0.338. The Labute approximate surface area is 243 Å². The van der Waals surface area contributed by atoms with Crippen molar-refractivity contribution in [1.82, 2.24) is 0 Å². The van der Waals surface area contributed by atoms with Crippen LogP contribution in [0.25, 0.3) is 0 Å². The van der Waals surface area contributed by atoms with Gasteiger partial charge in [0.15, 0.2) is 0 Å². The SMILES string of the molecule is CCC(C)(C)CC.CCC(C)C.CCCC.CCCCCC.CCCCCCC.CCCCCCCC. The summed E-state index contributed by atoms with van der Waals surface area (Å²) in [5.41, 5.74) is 0.583. The highest BCUT2D eigenvalue weighted by Crippen LogP contribution is 2.22. The average Bonchev–Trinajstić information content (AvgIpc) is 2.91. The van der Waals surface area contributed by atoms with Gasteiger partial charge in [0.05, 0.1) is 0 Å². The van der Waals surface area contributed by atoms with E-state index < -0.39 is 0 Å². The van der Waals surface area contributed by atoms with E-state index in [0.717, 1.165) is 5.92 Å². The van der Waals surface area contributed by atoms with Gasteiger partial charge in [-0.3, -0.25) is 0 Å². The highest BCUT2D eigenvalue weighted by atomic mass is 14.2. The van der Waals surface area contributed by atoms with E-state index >= 15 is 0 Å². The molecule has 37 heavy (non-hydrogen) atoms. The van der Waals surface area contributed by atoms with Crippen LogP contribution in [0.5, 0.6) is 0 Å². The van der Waals surface area contributed by atoms with Gasteiger partial charge in [-0.25, -0.2) is 0 Å². The van der Waals surface area contributed by atoms with Crippen LogP contribution < -0.4 is 0 Å². The van der Waals surface area contributed by atoms with Crippen LogP contribution in [-0.4, -0.2) is 0 Å². The zero-order chi connectivity index (χ0) is 30.2. The Morgan fingerprint density at radius 1 is 0.351 bits per heavy atom. The minimum atomic E-state index is 0.583. The van der Waals surface area contributed by atoms with E-state index in [0.29, 0.717) is 5.41 Å². The number of hydrogen-bond donors (Lipinski definition) is 0. The van der Waals surface area contributed by atoms with Gasteiger partial charge < -0.3 is 0 Å². The number of rotatable bonds is 16. The molecule has 0 N–H and O–H groups in total. The van der Waals surface area contributed by atoms with Gasteiger partial charge in [0.1, 0.15) is 0 Å². The first-order valence-corrected chi connectivity index (χ1v) is 17.5. The maximum absolute atomic E-state index is 2.30. The quantitative estimate of drug-likeness (QED) is 0.174. The first kappa shape index (κ1) is 49.9. The molecule has 0 unspecified atom stereocenters. The van der Waals surface area contributed by atoms with Gasteiger partial charge in [0.25, 0.3) is 0 Å². The van der Waals surface area contributed by atoms with Gasteiger partial charge in [0, 0.05) is 0 Å². The second-order valence-corrected chi connectivity index (χ2v) is 11.9. The summed E-state index contributed by atoms with van der Waals surface area (Å²) >= 11 is 0. The molecule has 0 heteroatoms. The zero-order valence-electron chi connectivity index (χ0n) is 30.2. The molecular weight excluding hydrogens is 444 g/mol. The summed E-state index contributed by atoms with van der Waals surface area (Å²) in [4.78, 5) is 0. The summed E-state index contributed by atoms with van der Waals surface area (Å²) in [5.74, 6) is 0.884. The Bertz CT molecular complexity index is 254. The van der Waals surface area contributed by atoms with E-state index in [4.69, 9.17) is 0 Å².